The molecular formula is C27H34F3N3O6S. The van der Waals surface area contributed by atoms with E-state index in [0.717, 1.165) is 78.8 Å². The van der Waals surface area contributed by atoms with Crippen LogP contribution in [0.2, 0.25) is 0 Å². The van der Waals surface area contributed by atoms with Crippen molar-refractivity contribution in [3.63, 3.8) is 0 Å². The van der Waals surface area contributed by atoms with Crippen LogP contribution in [0.1, 0.15) is 29.9 Å². The van der Waals surface area contributed by atoms with E-state index in [1.807, 2.05) is 38.1 Å². The fourth-order valence-electron chi connectivity index (χ4n) is 4.13. The van der Waals surface area contributed by atoms with Gasteiger partial charge < -0.3 is 29.2 Å². The van der Waals surface area contributed by atoms with Crippen LogP contribution in [0.3, 0.4) is 0 Å². The lowest BCUT2D eigenvalue weighted by atomic mass is 10.1. The Bertz CT molecular complexity index is 1250. The lowest BCUT2D eigenvalue weighted by Gasteiger charge is -2.27. The SMILES string of the molecule is CCOc1ccc(CCNC(=O)c2cc3sccc3n2CCN2CCOCC2)cc1OCC.O=C(O)C(F)(F)F. The number of hydrogen-bond acceptors (Lipinski definition) is 7. The second-order valence-electron chi connectivity index (χ2n) is 8.76. The molecular weight excluding hydrogens is 551 g/mol. The number of alkyl halides is 3. The highest BCUT2D eigenvalue weighted by Crippen LogP contribution is 2.29. The number of benzene rings is 1. The van der Waals surface area contributed by atoms with Crippen molar-refractivity contribution in [2.24, 2.45) is 0 Å². The summed E-state index contributed by atoms with van der Waals surface area (Å²) in [4.78, 5) is 24.4. The first-order valence-electron chi connectivity index (χ1n) is 13.0. The molecule has 1 aliphatic heterocycles. The average molecular weight is 586 g/mol. The fraction of sp³-hybridized carbons (Fsp3) is 0.481. The normalized spacial score (nSPS) is 13.9. The highest BCUT2D eigenvalue weighted by molar-refractivity contribution is 7.17. The Labute approximate surface area is 234 Å². The molecule has 2 aromatic heterocycles. The highest BCUT2D eigenvalue weighted by Gasteiger charge is 2.38. The number of ether oxygens (including phenoxy) is 3. The van der Waals surface area contributed by atoms with Crippen LogP contribution < -0.4 is 14.8 Å². The van der Waals surface area contributed by atoms with Crippen molar-refractivity contribution in [2.75, 3.05) is 52.6 Å². The monoisotopic (exact) mass is 585 g/mol. The number of hydrogen-bond donors (Lipinski definition) is 2. The maximum Gasteiger partial charge on any atom is 0.490 e. The van der Waals surface area contributed by atoms with Crippen molar-refractivity contribution in [1.29, 1.82) is 0 Å². The molecule has 1 aromatic carbocycles. The molecule has 9 nitrogen and oxygen atoms in total. The number of amides is 1. The van der Waals surface area contributed by atoms with E-state index in [-0.39, 0.29) is 5.91 Å². The van der Waals surface area contributed by atoms with E-state index in [1.165, 1.54) is 0 Å². The smallest absolute Gasteiger partial charge is 0.490 e. The number of aromatic nitrogens is 1. The number of nitrogens with zero attached hydrogens (tertiary/aromatic N) is 2. The summed E-state index contributed by atoms with van der Waals surface area (Å²) in [5, 5.41) is 12.3. The topological polar surface area (TPSA) is 102 Å². The molecule has 1 fully saturated rings. The number of halogens is 3. The molecule has 2 N–H and O–H groups in total. The first kappa shape index (κ1) is 31.2. The summed E-state index contributed by atoms with van der Waals surface area (Å²) in [6, 6.07) is 10.1. The van der Waals surface area contributed by atoms with Gasteiger partial charge in [-0.15, -0.1) is 11.3 Å². The summed E-state index contributed by atoms with van der Waals surface area (Å²) < 4.78 is 51.8. The van der Waals surface area contributed by atoms with Crippen LogP contribution in [0.5, 0.6) is 11.5 Å². The fourth-order valence-corrected chi connectivity index (χ4v) is 4.96. The maximum atomic E-state index is 13.1. The molecule has 40 heavy (non-hydrogen) atoms. The lowest BCUT2D eigenvalue weighted by Crippen LogP contribution is -2.38. The number of fused-ring (bicyclic) bond motifs is 1. The second kappa shape index (κ2) is 14.9. The Hall–Kier alpha value is -3.29. The number of thiophene rings is 1. The molecule has 220 valence electrons. The van der Waals surface area contributed by atoms with Crippen LogP contribution in [0, 0.1) is 0 Å². The Morgan fingerprint density at radius 3 is 2.38 bits per heavy atom. The first-order chi connectivity index (χ1) is 19.1. The minimum absolute atomic E-state index is 0.0312. The van der Waals surface area contributed by atoms with Gasteiger partial charge in [0.15, 0.2) is 11.5 Å². The Balaban J connectivity index is 0.000000559. The third kappa shape index (κ3) is 8.86. The Kier molecular flexibility index (Phi) is 11.6. The number of carboxylic acid groups (broad SMARTS) is 1. The number of carbonyl (C=O) groups excluding carboxylic acids is 1. The molecule has 4 rings (SSSR count). The lowest BCUT2D eigenvalue weighted by molar-refractivity contribution is -0.192. The van der Waals surface area contributed by atoms with Gasteiger partial charge in [0, 0.05) is 32.7 Å². The molecule has 1 saturated heterocycles. The number of rotatable bonds is 11. The van der Waals surface area contributed by atoms with Crippen LogP contribution in [-0.4, -0.2) is 85.2 Å². The van der Waals surface area contributed by atoms with E-state index >= 15 is 0 Å². The number of carbonyl (C=O) groups is 2. The van der Waals surface area contributed by atoms with Gasteiger partial charge in [-0.25, -0.2) is 4.79 Å². The molecule has 3 heterocycles. The van der Waals surface area contributed by atoms with E-state index in [0.29, 0.717) is 19.8 Å². The van der Waals surface area contributed by atoms with Crippen LogP contribution in [0.15, 0.2) is 35.7 Å². The molecule has 3 aromatic rings. The standard InChI is InChI=1S/C25H33N3O4S.C2HF3O2/c1-3-31-22-6-5-19(17-23(22)32-4-2)7-9-26-25(29)21-18-24-20(8-16-33-24)28(21)11-10-27-12-14-30-15-13-27;3-2(4,5)1(6)7/h5-6,8,16-18H,3-4,7,9-15H2,1-2H3,(H,26,29);(H,6,7). The molecule has 0 unspecified atom stereocenters. The quantitative estimate of drug-likeness (QED) is 0.343. The van der Waals surface area contributed by atoms with E-state index in [4.69, 9.17) is 24.1 Å². The van der Waals surface area contributed by atoms with Gasteiger partial charge in [0.05, 0.1) is 36.6 Å². The van der Waals surface area contributed by atoms with E-state index < -0.39 is 12.1 Å². The molecule has 1 aliphatic rings. The van der Waals surface area contributed by atoms with Crippen molar-refractivity contribution < 1.29 is 42.1 Å². The zero-order valence-electron chi connectivity index (χ0n) is 22.5. The predicted octanol–water partition coefficient (Wildman–Crippen LogP) is 4.44. The predicted molar refractivity (Wildman–Crippen MR) is 146 cm³/mol. The molecule has 0 aliphatic carbocycles. The molecule has 0 spiro atoms. The second-order valence-corrected chi connectivity index (χ2v) is 9.71. The Morgan fingerprint density at radius 1 is 1.05 bits per heavy atom. The van der Waals surface area contributed by atoms with Crippen molar-refractivity contribution in [2.45, 2.75) is 33.0 Å². The van der Waals surface area contributed by atoms with E-state index in [9.17, 15) is 18.0 Å². The van der Waals surface area contributed by atoms with Gasteiger partial charge in [-0.3, -0.25) is 9.69 Å². The van der Waals surface area contributed by atoms with Gasteiger partial charge >= 0.3 is 12.1 Å². The van der Waals surface area contributed by atoms with Crippen molar-refractivity contribution in [3.8, 4) is 11.5 Å². The number of aliphatic carboxylic acids is 1. The highest BCUT2D eigenvalue weighted by atomic mass is 32.1. The average Bonchev–Trinajstić information content (AvgIpc) is 3.51. The van der Waals surface area contributed by atoms with Crippen LogP contribution in [0.25, 0.3) is 10.2 Å². The van der Waals surface area contributed by atoms with E-state index in [2.05, 4.69) is 26.2 Å². The van der Waals surface area contributed by atoms with Gasteiger partial charge in [0.1, 0.15) is 5.69 Å². The van der Waals surface area contributed by atoms with Gasteiger partial charge in [-0.05, 0) is 55.5 Å². The molecule has 0 saturated carbocycles. The van der Waals surface area contributed by atoms with Crippen LogP contribution in [-0.2, 0) is 22.5 Å². The first-order valence-corrected chi connectivity index (χ1v) is 13.9. The van der Waals surface area contributed by atoms with Crippen molar-refractivity contribution in [3.05, 3.63) is 47.0 Å². The van der Waals surface area contributed by atoms with Crippen molar-refractivity contribution in [1.82, 2.24) is 14.8 Å². The van der Waals surface area contributed by atoms with Gasteiger partial charge in [0.25, 0.3) is 5.91 Å². The number of nitrogens with one attached hydrogen (secondary N) is 1. The summed E-state index contributed by atoms with van der Waals surface area (Å²) >= 11 is 1.67. The van der Waals surface area contributed by atoms with Gasteiger partial charge in [-0.2, -0.15) is 13.2 Å². The summed E-state index contributed by atoms with van der Waals surface area (Å²) in [5.74, 6) is -1.28. The zero-order chi connectivity index (χ0) is 29.1. The minimum atomic E-state index is -5.08. The summed E-state index contributed by atoms with van der Waals surface area (Å²) in [6.07, 6.45) is -4.36. The third-order valence-corrected chi connectivity index (χ3v) is 6.90. The van der Waals surface area contributed by atoms with E-state index in [1.54, 1.807) is 11.3 Å². The summed E-state index contributed by atoms with van der Waals surface area (Å²) in [6.45, 7) is 10.8. The van der Waals surface area contributed by atoms with Crippen LogP contribution in [0.4, 0.5) is 13.2 Å². The molecule has 0 bridgehead atoms. The molecule has 0 radical (unpaired) electrons. The number of morpholine rings is 1. The minimum Gasteiger partial charge on any atom is -0.490 e. The third-order valence-electron chi connectivity index (χ3n) is 6.05. The van der Waals surface area contributed by atoms with Crippen LogP contribution >= 0.6 is 11.3 Å². The summed E-state index contributed by atoms with van der Waals surface area (Å²) in [7, 11) is 0. The molecule has 1 amide bonds. The largest absolute Gasteiger partial charge is 0.490 e. The zero-order valence-corrected chi connectivity index (χ0v) is 23.3. The molecule has 13 heteroatoms. The number of carboxylic acids is 1. The Morgan fingerprint density at radius 2 is 1.73 bits per heavy atom. The maximum absolute atomic E-state index is 13.1. The van der Waals surface area contributed by atoms with Gasteiger partial charge in [0.2, 0.25) is 0 Å². The molecule has 0 atom stereocenters. The summed E-state index contributed by atoms with van der Waals surface area (Å²) in [5.41, 5.74) is 2.96. The van der Waals surface area contributed by atoms with Crippen molar-refractivity contribution >= 4 is 33.4 Å². The van der Waals surface area contributed by atoms with Gasteiger partial charge in [-0.1, -0.05) is 6.07 Å².